The average molecular weight is 538 g/mol. The number of carbonyl (C=O) groups is 5. The molecule has 0 saturated heterocycles. The lowest BCUT2D eigenvalue weighted by Crippen LogP contribution is -2.57. The largest absolute Gasteiger partial charge is 0.481 e. The van der Waals surface area contributed by atoms with Crippen LogP contribution >= 0.6 is 0 Å². The van der Waals surface area contributed by atoms with E-state index in [2.05, 4.69) is 20.9 Å². The molecule has 0 aliphatic rings. The molecule has 0 bridgehead atoms. The number of para-hydroxylation sites is 1. The molecule has 2 aromatic carbocycles. The van der Waals surface area contributed by atoms with Gasteiger partial charge in [0.15, 0.2) is 0 Å². The predicted octanol–water partition coefficient (Wildman–Crippen LogP) is 0.314. The van der Waals surface area contributed by atoms with Gasteiger partial charge in [0.2, 0.25) is 17.7 Å². The molecule has 3 rings (SSSR count). The van der Waals surface area contributed by atoms with E-state index >= 15 is 0 Å². The lowest BCUT2D eigenvalue weighted by Gasteiger charge is -2.23. The Hall–Kier alpha value is -4.71. The van der Waals surface area contributed by atoms with Crippen molar-refractivity contribution in [2.45, 2.75) is 50.4 Å². The summed E-state index contributed by atoms with van der Waals surface area (Å²) in [4.78, 5) is 63.9. The number of hydrogen-bond donors (Lipinski definition) is 7. The topological polar surface area (TPSA) is 204 Å². The van der Waals surface area contributed by atoms with Crippen LogP contribution in [-0.4, -0.2) is 69.0 Å². The van der Waals surface area contributed by atoms with Crippen molar-refractivity contribution < 1.29 is 34.2 Å². The van der Waals surface area contributed by atoms with Crippen molar-refractivity contribution in [3.05, 3.63) is 71.9 Å². The van der Waals surface area contributed by atoms with Gasteiger partial charge in [0.05, 0.1) is 12.5 Å². The molecule has 0 aliphatic carbocycles. The Morgan fingerprint density at radius 3 is 2.13 bits per heavy atom. The Kier molecular flexibility index (Phi) is 9.76. The number of carbonyl (C=O) groups excluding carboxylic acids is 3. The fourth-order valence-electron chi connectivity index (χ4n) is 4.02. The van der Waals surface area contributed by atoms with Crippen LogP contribution in [0, 0.1) is 0 Å². The van der Waals surface area contributed by atoms with Gasteiger partial charge in [-0.2, -0.15) is 0 Å². The number of amides is 3. The molecule has 12 nitrogen and oxygen atoms in total. The van der Waals surface area contributed by atoms with Crippen LogP contribution in [-0.2, 0) is 36.8 Å². The van der Waals surface area contributed by atoms with Crippen molar-refractivity contribution in [1.82, 2.24) is 20.9 Å². The maximum Gasteiger partial charge on any atom is 0.326 e. The standard InChI is InChI=1S/C27H31N5O7/c1-15(24(35)32-22(27(38)39)13-23(33)34)30-26(37)21(11-16-7-3-2-4-8-16)31-25(36)19(28)12-17-14-29-20-10-6-5-9-18(17)20/h2-10,14-15,19,21-22,29H,11-13,28H2,1H3,(H,30,37)(H,31,36)(H,32,35)(H,33,34)(H,38,39). The summed E-state index contributed by atoms with van der Waals surface area (Å²) in [6.07, 6.45) is 1.27. The molecule has 1 heterocycles. The number of H-pyrrole nitrogens is 1. The molecule has 12 heteroatoms. The highest BCUT2D eigenvalue weighted by atomic mass is 16.4. The number of aromatic amines is 1. The second kappa shape index (κ2) is 13.2. The number of fused-ring (bicyclic) bond motifs is 1. The zero-order chi connectivity index (χ0) is 28.5. The average Bonchev–Trinajstić information content (AvgIpc) is 3.30. The van der Waals surface area contributed by atoms with Gasteiger partial charge in [-0.3, -0.25) is 19.2 Å². The van der Waals surface area contributed by atoms with Crippen LogP contribution in [0.1, 0.15) is 24.5 Å². The fraction of sp³-hybridized carbons (Fsp3) is 0.296. The molecular formula is C27H31N5O7. The van der Waals surface area contributed by atoms with E-state index in [-0.39, 0.29) is 12.8 Å². The first kappa shape index (κ1) is 28.9. The maximum atomic E-state index is 13.1. The van der Waals surface area contributed by atoms with Crippen LogP contribution in [0.3, 0.4) is 0 Å². The highest BCUT2D eigenvalue weighted by Crippen LogP contribution is 2.19. The van der Waals surface area contributed by atoms with Crippen LogP contribution in [0.2, 0.25) is 0 Å². The Morgan fingerprint density at radius 2 is 1.46 bits per heavy atom. The van der Waals surface area contributed by atoms with E-state index < -0.39 is 60.2 Å². The van der Waals surface area contributed by atoms with E-state index in [4.69, 9.17) is 15.9 Å². The van der Waals surface area contributed by atoms with E-state index in [1.54, 1.807) is 36.5 Å². The minimum Gasteiger partial charge on any atom is -0.481 e. The smallest absolute Gasteiger partial charge is 0.326 e. The second-order valence-electron chi connectivity index (χ2n) is 9.15. The predicted molar refractivity (Wildman–Crippen MR) is 141 cm³/mol. The zero-order valence-corrected chi connectivity index (χ0v) is 21.2. The van der Waals surface area contributed by atoms with E-state index in [9.17, 15) is 24.0 Å². The third-order valence-electron chi connectivity index (χ3n) is 6.11. The summed E-state index contributed by atoms with van der Waals surface area (Å²) in [5.41, 5.74) is 8.68. The van der Waals surface area contributed by atoms with E-state index in [0.717, 1.165) is 22.0 Å². The normalized spacial score (nSPS) is 14.0. The van der Waals surface area contributed by atoms with Gasteiger partial charge in [0.25, 0.3) is 0 Å². The summed E-state index contributed by atoms with van der Waals surface area (Å²) < 4.78 is 0. The Balaban J connectivity index is 1.69. The highest BCUT2D eigenvalue weighted by Gasteiger charge is 2.29. The molecule has 3 aromatic rings. The number of nitrogens with two attached hydrogens (primary N) is 1. The molecule has 0 spiro atoms. The van der Waals surface area contributed by atoms with Crippen molar-refractivity contribution >= 4 is 40.6 Å². The van der Waals surface area contributed by atoms with Crippen molar-refractivity contribution in [2.75, 3.05) is 0 Å². The number of aliphatic carboxylic acids is 2. The first-order valence-electron chi connectivity index (χ1n) is 12.3. The maximum absolute atomic E-state index is 13.1. The van der Waals surface area contributed by atoms with Crippen LogP contribution in [0.5, 0.6) is 0 Å². The fourth-order valence-corrected chi connectivity index (χ4v) is 4.02. The number of carboxylic acids is 2. The molecule has 0 aliphatic heterocycles. The van der Waals surface area contributed by atoms with Gasteiger partial charge in [0.1, 0.15) is 18.1 Å². The SMILES string of the molecule is CC(NC(=O)C(Cc1ccccc1)NC(=O)C(N)Cc1c[nH]c2ccccc12)C(=O)NC(CC(=O)O)C(=O)O. The van der Waals surface area contributed by atoms with Crippen molar-refractivity contribution in [2.24, 2.45) is 5.73 Å². The summed E-state index contributed by atoms with van der Waals surface area (Å²) >= 11 is 0. The summed E-state index contributed by atoms with van der Waals surface area (Å²) in [5, 5.41) is 26.2. The molecule has 206 valence electrons. The Morgan fingerprint density at radius 1 is 0.821 bits per heavy atom. The minimum atomic E-state index is -1.67. The van der Waals surface area contributed by atoms with Crippen molar-refractivity contribution in [1.29, 1.82) is 0 Å². The van der Waals surface area contributed by atoms with Gasteiger partial charge in [-0.25, -0.2) is 4.79 Å². The number of nitrogens with one attached hydrogen (secondary N) is 4. The molecule has 8 N–H and O–H groups in total. The first-order valence-corrected chi connectivity index (χ1v) is 12.3. The van der Waals surface area contributed by atoms with Gasteiger partial charge < -0.3 is 36.9 Å². The number of rotatable bonds is 13. The number of aromatic nitrogens is 1. The van der Waals surface area contributed by atoms with Crippen molar-refractivity contribution in [3.8, 4) is 0 Å². The third kappa shape index (κ3) is 8.14. The molecule has 1 aromatic heterocycles. The molecular weight excluding hydrogens is 506 g/mol. The lowest BCUT2D eigenvalue weighted by molar-refractivity contribution is -0.147. The molecule has 39 heavy (non-hydrogen) atoms. The number of benzene rings is 2. The second-order valence-corrected chi connectivity index (χ2v) is 9.15. The quantitative estimate of drug-likeness (QED) is 0.161. The van der Waals surface area contributed by atoms with Crippen LogP contribution in [0.25, 0.3) is 10.9 Å². The van der Waals surface area contributed by atoms with E-state index in [1.807, 2.05) is 24.3 Å². The molecule has 4 atom stereocenters. The molecule has 0 radical (unpaired) electrons. The van der Waals surface area contributed by atoms with Crippen LogP contribution in [0.15, 0.2) is 60.8 Å². The summed E-state index contributed by atoms with van der Waals surface area (Å²) in [7, 11) is 0. The first-order chi connectivity index (χ1) is 18.5. The molecule has 0 saturated carbocycles. The van der Waals surface area contributed by atoms with E-state index in [1.165, 1.54) is 6.92 Å². The molecule has 4 unspecified atom stereocenters. The van der Waals surface area contributed by atoms with Crippen LogP contribution < -0.4 is 21.7 Å². The van der Waals surface area contributed by atoms with Crippen molar-refractivity contribution in [3.63, 3.8) is 0 Å². The van der Waals surface area contributed by atoms with Gasteiger partial charge in [-0.1, -0.05) is 48.5 Å². The van der Waals surface area contributed by atoms with Gasteiger partial charge in [-0.15, -0.1) is 0 Å². The monoisotopic (exact) mass is 537 g/mol. The lowest BCUT2D eigenvalue weighted by atomic mass is 10.0. The van der Waals surface area contributed by atoms with Crippen LogP contribution in [0.4, 0.5) is 0 Å². The number of hydrogen-bond acceptors (Lipinski definition) is 6. The Labute approximate surface area is 224 Å². The Bertz CT molecular complexity index is 1340. The number of carboxylic acid groups (broad SMARTS) is 2. The molecule has 3 amide bonds. The summed E-state index contributed by atoms with van der Waals surface area (Å²) in [6, 6.07) is 11.5. The third-order valence-corrected chi connectivity index (χ3v) is 6.11. The van der Waals surface area contributed by atoms with Gasteiger partial charge >= 0.3 is 11.9 Å². The zero-order valence-electron chi connectivity index (χ0n) is 21.2. The van der Waals surface area contributed by atoms with Gasteiger partial charge in [-0.05, 0) is 30.5 Å². The molecule has 0 fully saturated rings. The summed E-state index contributed by atoms with van der Waals surface area (Å²) in [5.74, 6) is -5.09. The van der Waals surface area contributed by atoms with Gasteiger partial charge in [0, 0.05) is 23.5 Å². The summed E-state index contributed by atoms with van der Waals surface area (Å²) in [6.45, 7) is 1.32. The van der Waals surface area contributed by atoms with E-state index in [0.29, 0.717) is 0 Å². The minimum absolute atomic E-state index is 0.101. The highest BCUT2D eigenvalue weighted by molar-refractivity contribution is 5.95.